The van der Waals surface area contributed by atoms with E-state index in [0.717, 1.165) is 16.7 Å². The lowest BCUT2D eigenvalue weighted by Crippen LogP contribution is -2.09. The normalized spacial score (nSPS) is 10.4. The van der Waals surface area contributed by atoms with Gasteiger partial charge in [-0.3, -0.25) is 9.59 Å². The van der Waals surface area contributed by atoms with Crippen molar-refractivity contribution in [3.63, 3.8) is 0 Å². The highest BCUT2D eigenvalue weighted by atomic mass is 32.2. The Bertz CT molecular complexity index is 664. The molecule has 0 saturated carbocycles. The van der Waals surface area contributed by atoms with E-state index in [9.17, 15) is 9.59 Å². The van der Waals surface area contributed by atoms with E-state index < -0.39 is 0 Å². The van der Waals surface area contributed by atoms with E-state index in [2.05, 4.69) is 9.97 Å². The van der Waals surface area contributed by atoms with E-state index in [1.54, 1.807) is 0 Å². The molecule has 1 aromatic carbocycles. The molecular formula is C14H14N2O2S. The van der Waals surface area contributed by atoms with Crippen LogP contribution in [-0.2, 0) is 0 Å². The zero-order valence-electron chi connectivity index (χ0n) is 10.8. The number of aromatic nitrogens is 2. The Morgan fingerprint density at radius 2 is 2.11 bits per heavy atom. The van der Waals surface area contributed by atoms with Crippen molar-refractivity contribution in [2.75, 3.05) is 5.75 Å². The molecule has 4 nitrogen and oxygen atoms in total. The van der Waals surface area contributed by atoms with E-state index in [4.69, 9.17) is 0 Å². The van der Waals surface area contributed by atoms with Crippen LogP contribution in [0, 0.1) is 13.8 Å². The van der Waals surface area contributed by atoms with Gasteiger partial charge >= 0.3 is 0 Å². The summed E-state index contributed by atoms with van der Waals surface area (Å²) in [5.41, 5.74) is 2.54. The summed E-state index contributed by atoms with van der Waals surface area (Å²) in [4.78, 5) is 29.8. The summed E-state index contributed by atoms with van der Waals surface area (Å²) in [7, 11) is 0. The third kappa shape index (κ3) is 3.54. The van der Waals surface area contributed by atoms with Crippen LogP contribution in [0.3, 0.4) is 0 Å². The number of benzene rings is 1. The Balaban J connectivity index is 2.09. The molecule has 0 atom stereocenters. The molecule has 0 fully saturated rings. The monoisotopic (exact) mass is 274 g/mol. The first-order chi connectivity index (χ1) is 9.06. The summed E-state index contributed by atoms with van der Waals surface area (Å²) in [6, 6.07) is 7.15. The van der Waals surface area contributed by atoms with Gasteiger partial charge in [0.05, 0.1) is 5.75 Å². The maximum Gasteiger partial charge on any atom is 0.251 e. The number of nitrogens with one attached hydrogen (secondary N) is 1. The van der Waals surface area contributed by atoms with Crippen molar-refractivity contribution in [3.05, 3.63) is 57.5 Å². The zero-order valence-corrected chi connectivity index (χ0v) is 11.6. The van der Waals surface area contributed by atoms with E-state index in [-0.39, 0.29) is 17.1 Å². The predicted octanol–water partition coefficient (Wildman–Crippen LogP) is 2.36. The molecule has 2 aromatic rings. The molecule has 1 N–H and O–H groups in total. The number of H-pyrrole nitrogens is 1. The highest BCUT2D eigenvalue weighted by Crippen LogP contribution is 2.16. The van der Waals surface area contributed by atoms with Crippen molar-refractivity contribution < 1.29 is 4.79 Å². The minimum Gasteiger partial charge on any atom is -0.301 e. The first kappa shape index (κ1) is 13.5. The average molecular weight is 274 g/mol. The molecule has 0 bridgehead atoms. The van der Waals surface area contributed by atoms with Crippen molar-refractivity contribution in [1.29, 1.82) is 0 Å². The Hall–Kier alpha value is -1.88. The van der Waals surface area contributed by atoms with Crippen LogP contribution in [0.4, 0.5) is 0 Å². The Morgan fingerprint density at radius 1 is 1.32 bits per heavy atom. The number of thioether (sulfide) groups is 1. The molecule has 0 aliphatic rings. The fourth-order valence-corrected chi connectivity index (χ4v) is 2.40. The summed E-state index contributed by atoms with van der Waals surface area (Å²) >= 11 is 1.24. The van der Waals surface area contributed by atoms with Crippen LogP contribution in [0.5, 0.6) is 0 Å². The molecule has 0 amide bonds. The maximum absolute atomic E-state index is 12.1. The lowest BCUT2D eigenvalue weighted by Gasteiger charge is -2.05. The van der Waals surface area contributed by atoms with E-state index in [1.807, 2.05) is 32.0 Å². The largest absolute Gasteiger partial charge is 0.301 e. The molecule has 1 aromatic heterocycles. The van der Waals surface area contributed by atoms with Gasteiger partial charge in [-0.1, -0.05) is 29.5 Å². The van der Waals surface area contributed by atoms with Gasteiger partial charge in [0.1, 0.15) is 0 Å². The van der Waals surface area contributed by atoms with Crippen LogP contribution in [0.15, 0.2) is 40.4 Å². The van der Waals surface area contributed by atoms with Crippen LogP contribution in [0.1, 0.15) is 21.5 Å². The number of aromatic amines is 1. The molecule has 5 heteroatoms. The van der Waals surface area contributed by atoms with Crippen LogP contribution in [0.2, 0.25) is 0 Å². The number of ketones is 1. The van der Waals surface area contributed by atoms with Gasteiger partial charge in [-0.15, -0.1) is 0 Å². The van der Waals surface area contributed by atoms with Crippen molar-refractivity contribution in [1.82, 2.24) is 9.97 Å². The lowest BCUT2D eigenvalue weighted by molar-refractivity contribution is 0.102. The number of rotatable bonds is 4. The second-order valence-corrected chi connectivity index (χ2v) is 5.23. The highest BCUT2D eigenvalue weighted by Gasteiger charge is 2.10. The molecule has 0 aliphatic carbocycles. The Morgan fingerprint density at radius 3 is 2.84 bits per heavy atom. The second-order valence-electron chi connectivity index (χ2n) is 4.27. The number of Topliss-reactive ketones (excluding diaryl/α,β-unsaturated/α-hetero) is 1. The lowest BCUT2D eigenvalue weighted by atomic mass is 10.0. The third-order valence-electron chi connectivity index (χ3n) is 2.68. The van der Waals surface area contributed by atoms with Gasteiger partial charge in [-0.2, -0.15) is 0 Å². The summed E-state index contributed by atoms with van der Waals surface area (Å²) in [5, 5.41) is 0.464. The quantitative estimate of drug-likeness (QED) is 0.528. The molecule has 19 heavy (non-hydrogen) atoms. The van der Waals surface area contributed by atoms with Crippen molar-refractivity contribution >= 4 is 17.5 Å². The molecule has 0 spiro atoms. The Kier molecular flexibility index (Phi) is 4.16. The Labute approximate surface area is 115 Å². The van der Waals surface area contributed by atoms with Crippen LogP contribution < -0.4 is 5.56 Å². The highest BCUT2D eigenvalue weighted by molar-refractivity contribution is 7.99. The molecule has 0 unspecified atom stereocenters. The molecule has 98 valence electrons. The number of nitrogens with zero attached hydrogens (tertiary/aromatic N) is 1. The number of hydrogen-bond donors (Lipinski definition) is 1. The number of hydrogen-bond acceptors (Lipinski definition) is 4. The average Bonchev–Trinajstić information content (AvgIpc) is 2.39. The maximum atomic E-state index is 12.1. The van der Waals surface area contributed by atoms with Crippen molar-refractivity contribution in [2.45, 2.75) is 19.0 Å². The number of carbonyl (C=O) groups excluding carboxylic acids is 1. The second kappa shape index (κ2) is 5.84. The topological polar surface area (TPSA) is 62.8 Å². The molecule has 0 aliphatic heterocycles. The molecule has 2 rings (SSSR count). The minimum absolute atomic E-state index is 0.0395. The van der Waals surface area contributed by atoms with Gasteiger partial charge in [0.2, 0.25) is 0 Å². The molecule has 0 radical (unpaired) electrons. The van der Waals surface area contributed by atoms with Crippen molar-refractivity contribution in [3.8, 4) is 0 Å². The van der Waals surface area contributed by atoms with Gasteiger partial charge in [-0.05, 0) is 25.5 Å². The summed E-state index contributed by atoms with van der Waals surface area (Å²) in [6.45, 7) is 3.87. The van der Waals surface area contributed by atoms with E-state index >= 15 is 0 Å². The fraction of sp³-hybridized carbons (Fsp3) is 0.214. The van der Waals surface area contributed by atoms with Gasteiger partial charge in [-0.25, -0.2) is 4.98 Å². The summed E-state index contributed by atoms with van der Waals surface area (Å²) in [6.07, 6.45) is 1.43. The number of aryl methyl sites for hydroxylation is 2. The van der Waals surface area contributed by atoms with Crippen molar-refractivity contribution in [2.24, 2.45) is 0 Å². The van der Waals surface area contributed by atoms with Gasteiger partial charge in [0, 0.05) is 17.8 Å². The SMILES string of the molecule is Cc1ccc(C)c(C(=O)CSc2nccc(=O)[nH]2)c1. The molecule has 1 heterocycles. The smallest absolute Gasteiger partial charge is 0.251 e. The van der Waals surface area contributed by atoms with Gasteiger partial charge in [0.15, 0.2) is 10.9 Å². The third-order valence-corrected chi connectivity index (χ3v) is 3.57. The minimum atomic E-state index is -0.211. The predicted molar refractivity (Wildman–Crippen MR) is 75.8 cm³/mol. The van der Waals surface area contributed by atoms with Crippen LogP contribution in [-0.4, -0.2) is 21.5 Å². The molecular weight excluding hydrogens is 260 g/mol. The van der Waals surface area contributed by atoms with Gasteiger partial charge in [0.25, 0.3) is 5.56 Å². The molecule has 0 saturated heterocycles. The zero-order chi connectivity index (χ0) is 13.8. The first-order valence-electron chi connectivity index (χ1n) is 5.85. The standard InChI is InChI=1S/C14H14N2O2S/c1-9-3-4-10(2)11(7-9)12(17)8-19-14-15-6-5-13(18)16-14/h3-7H,8H2,1-2H3,(H,15,16,18). The van der Waals surface area contributed by atoms with Gasteiger partial charge < -0.3 is 4.98 Å². The fourth-order valence-electron chi connectivity index (χ4n) is 1.67. The van der Waals surface area contributed by atoms with Crippen LogP contribution in [0.25, 0.3) is 0 Å². The van der Waals surface area contributed by atoms with E-state index in [1.165, 1.54) is 24.0 Å². The van der Waals surface area contributed by atoms with E-state index in [0.29, 0.717) is 5.16 Å². The number of carbonyl (C=O) groups is 1. The summed E-state index contributed by atoms with van der Waals surface area (Å²) in [5.74, 6) is 0.301. The van der Waals surface area contributed by atoms with Crippen LogP contribution >= 0.6 is 11.8 Å². The summed E-state index contributed by atoms with van der Waals surface area (Å²) < 4.78 is 0. The first-order valence-corrected chi connectivity index (χ1v) is 6.83.